The van der Waals surface area contributed by atoms with E-state index in [2.05, 4.69) is 39.6 Å². The van der Waals surface area contributed by atoms with Crippen LogP contribution in [0.2, 0.25) is 0 Å². The van der Waals surface area contributed by atoms with Gasteiger partial charge in [0.15, 0.2) is 5.65 Å². The molecule has 0 radical (unpaired) electrons. The zero-order valence-electron chi connectivity index (χ0n) is 18.3. The van der Waals surface area contributed by atoms with E-state index in [0.29, 0.717) is 31.0 Å². The van der Waals surface area contributed by atoms with Crippen molar-refractivity contribution in [2.45, 2.75) is 51.5 Å². The van der Waals surface area contributed by atoms with Crippen molar-refractivity contribution in [3.63, 3.8) is 0 Å². The number of hydrogen-bond acceptors (Lipinski definition) is 5. The number of carbonyl (C=O) groups excluding carboxylic acids is 1. The molecule has 0 fully saturated rings. The average molecular weight is 441 g/mol. The Morgan fingerprint density at radius 1 is 1.23 bits per heavy atom. The summed E-state index contributed by atoms with van der Waals surface area (Å²) in [6.45, 7) is 8.77. The first-order valence-corrected chi connectivity index (χ1v) is 11.5. The summed E-state index contributed by atoms with van der Waals surface area (Å²) in [5, 5.41) is 3.06. The van der Waals surface area contributed by atoms with E-state index >= 15 is 0 Å². The van der Waals surface area contributed by atoms with Gasteiger partial charge in [0, 0.05) is 29.4 Å². The van der Waals surface area contributed by atoms with E-state index in [-0.39, 0.29) is 28.4 Å². The Bertz CT molecular complexity index is 1200. The maximum Gasteiger partial charge on any atom is 0.329 e. The maximum atomic E-state index is 13.0. The number of benzene rings is 1. The van der Waals surface area contributed by atoms with Gasteiger partial charge in [-0.1, -0.05) is 38.5 Å². The average Bonchev–Trinajstić information content (AvgIpc) is 2.74. The molecule has 0 spiro atoms. The second-order valence-corrected chi connectivity index (χ2v) is 8.94. The molecule has 8 heteroatoms. The van der Waals surface area contributed by atoms with Gasteiger partial charge in [-0.25, -0.2) is 9.78 Å². The Morgan fingerprint density at radius 2 is 1.94 bits per heavy atom. The number of hydrogen-bond donors (Lipinski definition) is 2. The molecule has 0 saturated heterocycles. The predicted octanol–water partition coefficient (Wildman–Crippen LogP) is 3.45. The number of aromatic amines is 1. The van der Waals surface area contributed by atoms with Gasteiger partial charge in [-0.15, -0.1) is 11.8 Å². The molecule has 1 aromatic carbocycles. The van der Waals surface area contributed by atoms with Crippen LogP contribution >= 0.6 is 11.8 Å². The molecule has 31 heavy (non-hydrogen) atoms. The van der Waals surface area contributed by atoms with Crippen molar-refractivity contribution < 1.29 is 4.79 Å². The highest BCUT2D eigenvalue weighted by Gasteiger charge is 2.20. The van der Waals surface area contributed by atoms with Crippen LogP contribution in [0.3, 0.4) is 0 Å². The Kier molecular flexibility index (Phi) is 7.33. The first-order chi connectivity index (χ1) is 14.8. The molecule has 1 amide bonds. The molecule has 3 aromatic rings. The van der Waals surface area contributed by atoms with Crippen LogP contribution in [0.1, 0.15) is 54.7 Å². The van der Waals surface area contributed by atoms with E-state index in [4.69, 9.17) is 0 Å². The van der Waals surface area contributed by atoms with E-state index in [0.717, 1.165) is 4.90 Å². The molecular weight excluding hydrogens is 412 g/mol. The fraction of sp³-hybridized carbons (Fsp3) is 0.391. The third-order valence-corrected chi connectivity index (χ3v) is 5.94. The van der Waals surface area contributed by atoms with Crippen LogP contribution in [-0.2, 0) is 6.54 Å². The second kappa shape index (κ2) is 9.96. The van der Waals surface area contributed by atoms with Gasteiger partial charge in [0.05, 0.1) is 10.9 Å². The zero-order chi connectivity index (χ0) is 22.5. The number of nitrogens with zero attached hydrogens (tertiary/aromatic N) is 2. The van der Waals surface area contributed by atoms with E-state index in [9.17, 15) is 14.4 Å². The van der Waals surface area contributed by atoms with Gasteiger partial charge < -0.3 is 5.32 Å². The van der Waals surface area contributed by atoms with Crippen molar-refractivity contribution in [1.82, 2.24) is 19.9 Å². The van der Waals surface area contributed by atoms with Crippen molar-refractivity contribution in [1.29, 1.82) is 0 Å². The molecule has 7 nitrogen and oxygen atoms in total. The lowest BCUT2D eigenvalue weighted by molar-refractivity contribution is 0.0957. The van der Waals surface area contributed by atoms with Crippen LogP contribution in [0.25, 0.3) is 11.0 Å². The lowest BCUT2D eigenvalue weighted by Gasteiger charge is -2.14. The number of thioether (sulfide) groups is 1. The summed E-state index contributed by atoms with van der Waals surface area (Å²) in [4.78, 5) is 46.0. The summed E-state index contributed by atoms with van der Waals surface area (Å²) < 4.78 is 1.44. The number of H-pyrrole nitrogens is 1. The molecule has 0 bridgehead atoms. The van der Waals surface area contributed by atoms with Crippen LogP contribution in [0.5, 0.6) is 0 Å². The van der Waals surface area contributed by atoms with Crippen molar-refractivity contribution in [2.75, 3.05) is 12.3 Å². The SMILES string of the molecule is CCCn1c(=O)[nH]c(=O)c2c(C(=O)NCCSc3ccc(C)cc3)cc(C(C)C)nc21. The summed E-state index contributed by atoms with van der Waals surface area (Å²) in [6.07, 6.45) is 0.701. The summed E-state index contributed by atoms with van der Waals surface area (Å²) in [6, 6.07) is 9.88. The maximum absolute atomic E-state index is 13.0. The van der Waals surface area contributed by atoms with Gasteiger partial charge in [-0.05, 0) is 37.5 Å². The Hall–Kier alpha value is -2.87. The fourth-order valence-electron chi connectivity index (χ4n) is 3.26. The summed E-state index contributed by atoms with van der Waals surface area (Å²) in [7, 11) is 0. The van der Waals surface area contributed by atoms with Gasteiger partial charge in [0.1, 0.15) is 0 Å². The van der Waals surface area contributed by atoms with Crippen molar-refractivity contribution in [2.24, 2.45) is 0 Å². The number of amides is 1. The molecular formula is C23H28N4O3S. The highest BCUT2D eigenvalue weighted by molar-refractivity contribution is 7.99. The van der Waals surface area contributed by atoms with Gasteiger partial charge >= 0.3 is 5.69 Å². The Labute approximate surface area is 185 Å². The van der Waals surface area contributed by atoms with E-state index in [1.54, 1.807) is 17.8 Å². The number of aromatic nitrogens is 3. The third-order valence-electron chi connectivity index (χ3n) is 4.93. The summed E-state index contributed by atoms with van der Waals surface area (Å²) in [5.41, 5.74) is 1.29. The van der Waals surface area contributed by atoms with Crippen LogP contribution < -0.4 is 16.6 Å². The number of pyridine rings is 1. The van der Waals surface area contributed by atoms with E-state index < -0.39 is 11.2 Å². The van der Waals surface area contributed by atoms with Gasteiger partial charge in [0.2, 0.25) is 0 Å². The second-order valence-electron chi connectivity index (χ2n) is 7.78. The highest BCUT2D eigenvalue weighted by atomic mass is 32.2. The molecule has 0 atom stereocenters. The number of fused-ring (bicyclic) bond motifs is 1. The van der Waals surface area contributed by atoms with Crippen molar-refractivity contribution in [3.8, 4) is 0 Å². The molecule has 0 unspecified atom stereocenters. The quantitative estimate of drug-likeness (QED) is 0.413. The molecule has 0 aliphatic heterocycles. The molecule has 2 heterocycles. The summed E-state index contributed by atoms with van der Waals surface area (Å²) in [5.74, 6) is 0.398. The lowest BCUT2D eigenvalue weighted by atomic mass is 10.0. The molecule has 2 N–H and O–H groups in total. The number of nitrogens with one attached hydrogen (secondary N) is 2. The molecule has 0 aliphatic carbocycles. The third kappa shape index (κ3) is 5.25. The Balaban J connectivity index is 1.89. The van der Waals surface area contributed by atoms with Gasteiger partial charge in [-0.2, -0.15) is 0 Å². The van der Waals surface area contributed by atoms with Crippen LogP contribution in [0, 0.1) is 6.92 Å². The fourth-order valence-corrected chi connectivity index (χ4v) is 4.03. The first-order valence-electron chi connectivity index (χ1n) is 10.5. The molecule has 2 aromatic heterocycles. The van der Waals surface area contributed by atoms with E-state index in [1.807, 2.05) is 27.7 Å². The smallest absolute Gasteiger partial charge is 0.329 e. The number of carbonyl (C=O) groups is 1. The Morgan fingerprint density at radius 3 is 2.58 bits per heavy atom. The summed E-state index contributed by atoms with van der Waals surface area (Å²) >= 11 is 1.65. The standard InChI is InChI=1S/C23H28N4O3S/c1-5-11-27-20-19(22(29)26-23(27)30)17(13-18(25-20)14(2)3)21(28)24-10-12-31-16-8-6-15(4)7-9-16/h6-9,13-14H,5,10-12H2,1-4H3,(H,24,28)(H,26,29,30). The molecule has 0 saturated carbocycles. The normalized spacial score (nSPS) is 11.3. The molecule has 0 aliphatic rings. The topological polar surface area (TPSA) is 96.9 Å². The number of rotatable bonds is 8. The highest BCUT2D eigenvalue weighted by Crippen LogP contribution is 2.20. The van der Waals surface area contributed by atoms with Gasteiger partial charge in [-0.3, -0.25) is 19.1 Å². The van der Waals surface area contributed by atoms with Crippen LogP contribution in [0.15, 0.2) is 44.8 Å². The van der Waals surface area contributed by atoms with Crippen LogP contribution in [0.4, 0.5) is 0 Å². The minimum Gasteiger partial charge on any atom is -0.351 e. The lowest BCUT2D eigenvalue weighted by Crippen LogP contribution is -2.34. The largest absolute Gasteiger partial charge is 0.351 e. The predicted molar refractivity (Wildman–Crippen MR) is 125 cm³/mol. The minimum atomic E-state index is -0.589. The van der Waals surface area contributed by atoms with Crippen molar-refractivity contribution in [3.05, 3.63) is 68.0 Å². The van der Waals surface area contributed by atoms with E-state index in [1.165, 1.54) is 10.1 Å². The van der Waals surface area contributed by atoms with Gasteiger partial charge in [0.25, 0.3) is 11.5 Å². The number of aryl methyl sites for hydroxylation is 2. The molecule has 164 valence electrons. The minimum absolute atomic E-state index is 0.0394. The van der Waals surface area contributed by atoms with Crippen LogP contribution in [-0.4, -0.2) is 32.7 Å². The first kappa shape index (κ1) is 22.8. The van der Waals surface area contributed by atoms with Crippen molar-refractivity contribution >= 4 is 28.7 Å². The monoisotopic (exact) mass is 440 g/mol. The zero-order valence-corrected chi connectivity index (χ0v) is 19.1. The molecule has 3 rings (SSSR count).